The zero-order chi connectivity index (χ0) is 14.1. The number of carbonyl (C=O) groups is 1. The Morgan fingerprint density at radius 2 is 1.95 bits per heavy atom. The highest BCUT2D eigenvalue weighted by Gasteiger charge is 2.11. The monoisotopic (exact) mass is 266 g/mol. The van der Waals surface area contributed by atoms with Crippen LogP contribution >= 0.6 is 0 Å². The summed E-state index contributed by atoms with van der Waals surface area (Å²) in [6.07, 6.45) is 0. The van der Waals surface area contributed by atoms with E-state index < -0.39 is 5.54 Å². The number of nitrogens with one attached hydrogen (secondary N) is 1. The highest BCUT2D eigenvalue weighted by molar-refractivity contribution is 5.77. The molecule has 0 saturated carbocycles. The zero-order valence-corrected chi connectivity index (χ0v) is 11.5. The molecule has 106 valence electrons. The van der Waals surface area contributed by atoms with Crippen molar-refractivity contribution >= 4 is 5.91 Å². The fourth-order valence-electron chi connectivity index (χ4n) is 1.28. The molecule has 5 heteroatoms. The number of para-hydroxylation sites is 1. The molecule has 1 amide bonds. The fraction of sp³-hybridized carbons (Fsp3) is 0.500. The molecule has 0 fully saturated rings. The van der Waals surface area contributed by atoms with Crippen LogP contribution in [0.3, 0.4) is 0 Å². The Kier molecular flexibility index (Phi) is 6.32. The van der Waals surface area contributed by atoms with Gasteiger partial charge in [-0.3, -0.25) is 4.79 Å². The largest absolute Gasteiger partial charge is 0.491 e. The lowest BCUT2D eigenvalue weighted by molar-refractivity contribution is -0.126. The Balaban J connectivity index is 2.03. The van der Waals surface area contributed by atoms with E-state index >= 15 is 0 Å². The summed E-state index contributed by atoms with van der Waals surface area (Å²) in [5.74, 6) is 0.624. The van der Waals surface area contributed by atoms with Crippen molar-refractivity contribution in [3.63, 3.8) is 0 Å². The maximum atomic E-state index is 11.4. The lowest BCUT2D eigenvalue weighted by atomic mass is 10.1. The first-order chi connectivity index (χ1) is 8.97. The second kappa shape index (κ2) is 7.76. The first-order valence-electron chi connectivity index (χ1n) is 6.28. The van der Waals surface area contributed by atoms with E-state index in [1.807, 2.05) is 44.2 Å². The quantitative estimate of drug-likeness (QED) is 0.687. The van der Waals surface area contributed by atoms with Crippen LogP contribution in [0.2, 0.25) is 0 Å². The summed E-state index contributed by atoms with van der Waals surface area (Å²) in [4.78, 5) is 11.4. The molecule has 0 atom stereocenters. The minimum atomic E-state index is -0.411. The summed E-state index contributed by atoms with van der Waals surface area (Å²) in [5, 5.41) is 2.70. The smallest absolute Gasteiger partial charge is 0.246 e. The van der Waals surface area contributed by atoms with Gasteiger partial charge in [0.2, 0.25) is 5.91 Å². The first-order valence-corrected chi connectivity index (χ1v) is 6.28. The molecule has 0 aliphatic carbocycles. The van der Waals surface area contributed by atoms with Gasteiger partial charge in [-0.2, -0.15) is 0 Å². The molecule has 0 aliphatic rings. The van der Waals surface area contributed by atoms with E-state index in [4.69, 9.17) is 15.2 Å². The van der Waals surface area contributed by atoms with Gasteiger partial charge in [-0.1, -0.05) is 18.2 Å². The molecule has 3 N–H and O–H groups in total. The van der Waals surface area contributed by atoms with Gasteiger partial charge in [-0.15, -0.1) is 0 Å². The zero-order valence-electron chi connectivity index (χ0n) is 11.5. The predicted octanol–water partition coefficient (Wildman–Crippen LogP) is 0.935. The Bertz CT molecular complexity index is 374. The molecule has 0 aromatic heterocycles. The Morgan fingerprint density at radius 3 is 2.58 bits per heavy atom. The van der Waals surface area contributed by atoms with Crippen molar-refractivity contribution < 1.29 is 14.3 Å². The molecule has 0 aliphatic heterocycles. The lowest BCUT2D eigenvalue weighted by Gasteiger charge is -2.18. The van der Waals surface area contributed by atoms with Gasteiger partial charge < -0.3 is 20.5 Å². The van der Waals surface area contributed by atoms with Gasteiger partial charge in [-0.25, -0.2) is 0 Å². The number of ether oxygens (including phenoxy) is 2. The summed E-state index contributed by atoms with van der Waals surface area (Å²) in [5.41, 5.74) is 5.34. The highest BCUT2D eigenvalue weighted by atomic mass is 16.5. The van der Waals surface area contributed by atoms with Crippen LogP contribution in [0.1, 0.15) is 13.8 Å². The number of rotatable bonds is 8. The molecule has 0 heterocycles. The number of nitrogens with two attached hydrogens (primary N) is 1. The van der Waals surface area contributed by atoms with E-state index in [1.54, 1.807) is 0 Å². The van der Waals surface area contributed by atoms with Crippen molar-refractivity contribution in [2.75, 3.05) is 26.4 Å². The van der Waals surface area contributed by atoms with Crippen LogP contribution in [0.15, 0.2) is 30.3 Å². The molecule has 1 aromatic carbocycles. The number of hydrogen-bond acceptors (Lipinski definition) is 4. The maximum Gasteiger partial charge on any atom is 0.246 e. The minimum Gasteiger partial charge on any atom is -0.491 e. The Morgan fingerprint density at radius 1 is 1.26 bits per heavy atom. The van der Waals surface area contributed by atoms with E-state index in [2.05, 4.69) is 5.32 Å². The summed E-state index contributed by atoms with van der Waals surface area (Å²) in [6.45, 7) is 4.93. The van der Waals surface area contributed by atoms with E-state index in [0.717, 1.165) is 5.75 Å². The third kappa shape index (κ3) is 8.18. The van der Waals surface area contributed by atoms with Crippen molar-refractivity contribution in [1.82, 2.24) is 5.32 Å². The normalized spacial score (nSPS) is 11.1. The van der Waals surface area contributed by atoms with Crippen molar-refractivity contribution in [1.29, 1.82) is 0 Å². The molecule has 1 aromatic rings. The summed E-state index contributed by atoms with van der Waals surface area (Å²) in [7, 11) is 0. The SMILES string of the molecule is CC(C)(N)CNC(=O)COCCOc1ccccc1. The van der Waals surface area contributed by atoms with E-state index in [1.165, 1.54) is 0 Å². The number of benzene rings is 1. The number of carbonyl (C=O) groups excluding carboxylic acids is 1. The van der Waals surface area contributed by atoms with E-state index in [9.17, 15) is 4.79 Å². The maximum absolute atomic E-state index is 11.4. The minimum absolute atomic E-state index is 0.0221. The van der Waals surface area contributed by atoms with E-state index in [-0.39, 0.29) is 12.5 Å². The van der Waals surface area contributed by atoms with E-state index in [0.29, 0.717) is 19.8 Å². The first kappa shape index (κ1) is 15.5. The Labute approximate surface area is 114 Å². The van der Waals surface area contributed by atoms with Crippen LogP contribution < -0.4 is 15.8 Å². The van der Waals surface area contributed by atoms with Gasteiger partial charge in [0.15, 0.2) is 0 Å². The summed E-state index contributed by atoms with van der Waals surface area (Å²) >= 11 is 0. The van der Waals surface area contributed by atoms with Gasteiger partial charge in [-0.05, 0) is 26.0 Å². The van der Waals surface area contributed by atoms with Crippen molar-refractivity contribution in [3.8, 4) is 5.75 Å². The average Bonchev–Trinajstić information content (AvgIpc) is 2.36. The van der Waals surface area contributed by atoms with Crippen molar-refractivity contribution in [3.05, 3.63) is 30.3 Å². The van der Waals surface area contributed by atoms with Crippen LogP contribution in [0.5, 0.6) is 5.75 Å². The molecule has 0 spiro atoms. The van der Waals surface area contributed by atoms with Crippen LogP contribution in [0, 0.1) is 0 Å². The molecule has 0 saturated heterocycles. The van der Waals surface area contributed by atoms with Crippen LogP contribution in [-0.4, -0.2) is 37.8 Å². The molecular weight excluding hydrogens is 244 g/mol. The van der Waals surface area contributed by atoms with Gasteiger partial charge >= 0.3 is 0 Å². The number of hydrogen-bond donors (Lipinski definition) is 2. The van der Waals surface area contributed by atoms with Gasteiger partial charge in [0.05, 0.1) is 6.61 Å². The standard InChI is InChI=1S/C14H22N2O3/c1-14(2,15)11-16-13(17)10-18-8-9-19-12-6-4-3-5-7-12/h3-7H,8-11,15H2,1-2H3,(H,16,17). The average molecular weight is 266 g/mol. The Hall–Kier alpha value is -1.59. The third-order valence-corrected chi connectivity index (χ3v) is 2.21. The van der Waals surface area contributed by atoms with Gasteiger partial charge in [0, 0.05) is 12.1 Å². The predicted molar refractivity (Wildman–Crippen MR) is 74.0 cm³/mol. The summed E-state index contributed by atoms with van der Waals surface area (Å²) < 4.78 is 10.6. The molecule has 0 unspecified atom stereocenters. The highest BCUT2D eigenvalue weighted by Crippen LogP contribution is 2.07. The van der Waals surface area contributed by atoms with Crippen LogP contribution in [0.4, 0.5) is 0 Å². The molecule has 19 heavy (non-hydrogen) atoms. The molecular formula is C14H22N2O3. The lowest BCUT2D eigenvalue weighted by Crippen LogP contribution is -2.46. The second-order valence-corrected chi connectivity index (χ2v) is 4.98. The molecule has 5 nitrogen and oxygen atoms in total. The molecule has 1 rings (SSSR count). The van der Waals surface area contributed by atoms with Crippen LogP contribution in [-0.2, 0) is 9.53 Å². The fourth-order valence-corrected chi connectivity index (χ4v) is 1.28. The van der Waals surface area contributed by atoms with Crippen LogP contribution in [0.25, 0.3) is 0 Å². The molecule has 0 radical (unpaired) electrons. The van der Waals surface area contributed by atoms with Gasteiger partial charge in [0.25, 0.3) is 0 Å². The number of amides is 1. The van der Waals surface area contributed by atoms with Crippen molar-refractivity contribution in [2.45, 2.75) is 19.4 Å². The summed E-state index contributed by atoms with van der Waals surface area (Å²) in [6, 6.07) is 9.47. The van der Waals surface area contributed by atoms with Gasteiger partial charge in [0.1, 0.15) is 19.0 Å². The topological polar surface area (TPSA) is 73.6 Å². The van der Waals surface area contributed by atoms with Crippen molar-refractivity contribution in [2.24, 2.45) is 5.73 Å². The third-order valence-electron chi connectivity index (χ3n) is 2.21. The second-order valence-electron chi connectivity index (χ2n) is 4.98. The molecule has 0 bridgehead atoms.